The third-order valence-corrected chi connectivity index (χ3v) is 4.89. The van der Waals surface area contributed by atoms with E-state index in [1.807, 2.05) is 11.8 Å². The molecule has 1 fully saturated rings. The van der Waals surface area contributed by atoms with Crippen LogP contribution in [0.5, 0.6) is 0 Å². The van der Waals surface area contributed by atoms with E-state index in [9.17, 15) is 0 Å². The Morgan fingerprint density at radius 3 is 3.09 bits per heavy atom. The van der Waals surface area contributed by atoms with Crippen molar-refractivity contribution in [3.63, 3.8) is 0 Å². The first-order valence-corrected chi connectivity index (χ1v) is 8.91. The molecule has 0 amide bonds. The fraction of sp³-hybridized carbons (Fsp3) is 0.714. The first kappa shape index (κ1) is 15.5. The normalized spacial score (nSPS) is 20.4. The predicted molar refractivity (Wildman–Crippen MR) is 85.4 cm³/mol. The summed E-state index contributed by atoms with van der Waals surface area (Å²) in [6.45, 7) is 4.41. The number of aromatic amines is 1. The van der Waals surface area contributed by atoms with E-state index in [4.69, 9.17) is 4.52 Å². The zero-order valence-electron chi connectivity index (χ0n) is 13.0. The van der Waals surface area contributed by atoms with Crippen LogP contribution >= 0.6 is 11.8 Å². The highest BCUT2D eigenvalue weighted by Gasteiger charge is 2.25. The maximum absolute atomic E-state index is 5.47. The van der Waals surface area contributed by atoms with Gasteiger partial charge in [0.1, 0.15) is 6.33 Å². The van der Waals surface area contributed by atoms with Crippen LogP contribution < -0.4 is 5.32 Å². The number of aromatic nitrogens is 5. The first-order valence-electron chi connectivity index (χ1n) is 7.75. The van der Waals surface area contributed by atoms with Crippen LogP contribution in [0.4, 0.5) is 0 Å². The summed E-state index contributed by atoms with van der Waals surface area (Å²) in [6, 6.07) is 0.607. The second-order valence-electron chi connectivity index (χ2n) is 6.05. The van der Waals surface area contributed by atoms with Gasteiger partial charge in [0.2, 0.25) is 11.7 Å². The molecular weight excluding hydrogens is 300 g/mol. The SMILES string of the molecule is CC(C)CC(NC1CCCSC1)c1nc(-c2ncn[nH]2)no1. The molecule has 7 nitrogen and oxygen atoms in total. The van der Waals surface area contributed by atoms with E-state index in [0.717, 1.165) is 12.2 Å². The molecule has 2 N–H and O–H groups in total. The summed E-state index contributed by atoms with van der Waals surface area (Å²) in [4.78, 5) is 8.55. The lowest BCUT2D eigenvalue weighted by molar-refractivity contribution is 0.285. The summed E-state index contributed by atoms with van der Waals surface area (Å²) in [5.41, 5.74) is 0. The number of nitrogens with one attached hydrogen (secondary N) is 2. The van der Waals surface area contributed by atoms with Crippen LogP contribution in [0.2, 0.25) is 0 Å². The van der Waals surface area contributed by atoms with E-state index in [0.29, 0.717) is 29.5 Å². The van der Waals surface area contributed by atoms with Gasteiger partial charge in [-0.3, -0.25) is 5.10 Å². The van der Waals surface area contributed by atoms with E-state index in [1.54, 1.807) is 0 Å². The highest BCUT2D eigenvalue weighted by molar-refractivity contribution is 7.99. The molecule has 1 aliphatic rings. The van der Waals surface area contributed by atoms with Crippen molar-refractivity contribution >= 4 is 11.8 Å². The number of rotatable bonds is 6. The average molecular weight is 322 g/mol. The topological polar surface area (TPSA) is 92.5 Å². The van der Waals surface area contributed by atoms with Crippen molar-refractivity contribution in [1.82, 2.24) is 30.6 Å². The van der Waals surface area contributed by atoms with Gasteiger partial charge >= 0.3 is 0 Å². The Balaban J connectivity index is 1.73. The summed E-state index contributed by atoms with van der Waals surface area (Å²) in [5, 5.41) is 14.3. The van der Waals surface area contributed by atoms with Gasteiger partial charge in [-0.1, -0.05) is 19.0 Å². The molecule has 2 aromatic rings. The first-order chi connectivity index (χ1) is 10.7. The Kier molecular flexibility index (Phi) is 5.09. The summed E-state index contributed by atoms with van der Waals surface area (Å²) in [7, 11) is 0. The van der Waals surface area contributed by atoms with E-state index in [-0.39, 0.29) is 6.04 Å². The van der Waals surface area contributed by atoms with Crippen LogP contribution in [0.3, 0.4) is 0 Å². The van der Waals surface area contributed by atoms with E-state index in [2.05, 4.69) is 44.5 Å². The molecule has 0 aromatic carbocycles. The fourth-order valence-corrected chi connectivity index (χ4v) is 3.74. The van der Waals surface area contributed by atoms with Gasteiger partial charge in [0.25, 0.3) is 0 Å². The molecule has 3 heterocycles. The molecule has 2 aromatic heterocycles. The van der Waals surface area contributed by atoms with Crippen LogP contribution in [0.1, 0.15) is 45.0 Å². The lowest BCUT2D eigenvalue weighted by Crippen LogP contribution is -2.37. The minimum atomic E-state index is 0.0906. The number of hydrogen-bond acceptors (Lipinski definition) is 7. The minimum absolute atomic E-state index is 0.0906. The molecule has 0 spiro atoms. The standard InChI is InChI=1S/C14H22N6OS/c1-9(2)6-11(17-10-4-3-5-22-7-10)14-18-13(20-21-14)12-15-8-16-19-12/h8-11,17H,3-7H2,1-2H3,(H,15,16,19). The Hall–Kier alpha value is -1.41. The maximum Gasteiger partial charge on any atom is 0.244 e. The quantitative estimate of drug-likeness (QED) is 0.843. The number of nitrogens with zero attached hydrogens (tertiary/aromatic N) is 4. The summed E-state index contributed by atoms with van der Waals surface area (Å²) in [5.74, 6) is 4.60. The van der Waals surface area contributed by atoms with Crippen LogP contribution in [0.15, 0.2) is 10.9 Å². The smallest absolute Gasteiger partial charge is 0.244 e. The lowest BCUT2D eigenvalue weighted by Gasteiger charge is -2.27. The Bertz CT molecular complexity index is 564. The maximum atomic E-state index is 5.47. The van der Waals surface area contributed by atoms with E-state index in [1.165, 1.54) is 24.9 Å². The molecule has 0 bridgehead atoms. The highest BCUT2D eigenvalue weighted by Crippen LogP contribution is 2.25. The van der Waals surface area contributed by atoms with Gasteiger partial charge in [0, 0.05) is 11.8 Å². The van der Waals surface area contributed by atoms with Crippen molar-refractivity contribution in [2.24, 2.45) is 5.92 Å². The molecule has 2 unspecified atom stereocenters. The van der Waals surface area contributed by atoms with Crippen LogP contribution in [-0.4, -0.2) is 42.9 Å². The molecule has 1 saturated heterocycles. The number of hydrogen-bond donors (Lipinski definition) is 2. The third kappa shape index (κ3) is 3.86. The third-order valence-electron chi connectivity index (χ3n) is 3.67. The molecule has 8 heteroatoms. The molecule has 2 atom stereocenters. The van der Waals surface area contributed by atoms with Gasteiger partial charge in [-0.25, -0.2) is 4.98 Å². The van der Waals surface area contributed by atoms with Crippen molar-refractivity contribution in [2.45, 2.75) is 45.2 Å². The average Bonchev–Trinajstić information content (AvgIpc) is 3.18. The van der Waals surface area contributed by atoms with Gasteiger partial charge in [0.05, 0.1) is 6.04 Å². The largest absolute Gasteiger partial charge is 0.337 e. The Morgan fingerprint density at radius 1 is 1.50 bits per heavy atom. The van der Waals surface area contributed by atoms with Crippen molar-refractivity contribution in [3.05, 3.63) is 12.2 Å². The summed E-state index contributed by atoms with van der Waals surface area (Å²) >= 11 is 2.01. The second kappa shape index (κ2) is 7.23. The van der Waals surface area contributed by atoms with Crippen LogP contribution in [0.25, 0.3) is 11.6 Å². The van der Waals surface area contributed by atoms with Crippen molar-refractivity contribution in [3.8, 4) is 11.6 Å². The molecule has 0 saturated carbocycles. The Labute approximate surface area is 134 Å². The molecule has 120 valence electrons. The van der Waals surface area contributed by atoms with E-state index >= 15 is 0 Å². The summed E-state index contributed by atoms with van der Waals surface area (Å²) in [6.07, 6.45) is 4.89. The van der Waals surface area contributed by atoms with Crippen LogP contribution in [0, 0.1) is 5.92 Å². The molecule has 0 aliphatic carbocycles. The van der Waals surface area contributed by atoms with Crippen molar-refractivity contribution < 1.29 is 4.52 Å². The minimum Gasteiger partial charge on any atom is -0.337 e. The number of H-pyrrole nitrogens is 1. The molecule has 3 rings (SSSR count). The number of thioether (sulfide) groups is 1. The monoisotopic (exact) mass is 322 g/mol. The zero-order chi connectivity index (χ0) is 15.4. The molecular formula is C14H22N6OS. The van der Waals surface area contributed by atoms with E-state index < -0.39 is 0 Å². The highest BCUT2D eigenvalue weighted by atomic mass is 32.2. The van der Waals surface area contributed by atoms with Gasteiger partial charge < -0.3 is 9.84 Å². The second-order valence-corrected chi connectivity index (χ2v) is 7.20. The zero-order valence-corrected chi connectivity index (χ0v) is 13.8. The van der Waals surface area contributed by atoms with Gasteiger partial charge in [-0.15, -0.1) is 0 Å². The van der Waals surface area contributed by atoms with Gasteiger partial charge in [-0.2, -0.15) is 21.8 Å². The molecule has 1 aliphatic heterocycles. The predicted octanol–water partition coefficient (Wildman–Crippen LogP) is 2.43. The van der Waals surface area contributed by atoms with Gasteiger partial charge in [0.15, 0.2) is 5.82 Å². The summed E-state index contributed by atoms with van der Waals surface area (Å²) < 4.78 is 5.47. The fourth-order valence-electron chi connectivity index (χ4n) is 2.65. The molecule has 0 radical (unpaired) electrons. The lowest BCUT2D eigenvalue weighted by atomic mass is 10.0. The molecule has 22 heavy (non-hydrogen) atoms. The van der Waals surface area contributed by atoms with Crippen molar-refractivity contribution in [1.29, 1.82) is 0 Å². The Morgan fingerprint density at radius 2 is 2.41 bits per heavy atom. The van der Waals surface area contributed by atoms with Gasteiger partial charge in [-0.05, 0) is 30.9 Å². The van der Waals surface area contributed by atoms with Crippen molar-refractivity contribution in [2.75, 3.05) is 11.5 Å². The van der Waals surface area contributed by atoms with Crippen LogP contribution in [-0.2, 0) is 0 Å².